The van der Waals surface area contributed by atoms with Crippen LogP contribution in [0.25, 0.3) is 21.8 Å². The molecule has 80 heavy (non-hydrogen) atoms. The predicted octanol–water partition coefficient (Wildman–Crippen LogP) is 5.05. The number of nitrogens with one attached hydrogen (secondary N) is 5. The number of aliphatic carboxylic acids is 2. The SMILES string of the molecule is CCOC(=O)CC(C)=O.Cc1ccc(N)cc1.Cc1ccc(NC(=O)CC(=O)O)cc1.Cc1ccc(NC(=O)CC(=O)O)cc1.Cc1ccc2[nH]c(=O)c([N+](=O)[O-])c(O)c2c1.Cc1ccc2[nH]c(=O)cc(O)c2c1.Cl.N=NN.[Na+].[OH-]. The van der Waals surface area contributed by atoms with Gasteiger partial charge in [0.1, 0.15) is 30.8 Å². The number of rotatable bonds is 10. The fourth-order valence-electron chi connectivity index (χ4n) is 5.84. The van der Waals surface area contributed by atoms with Crippen LogP contribution in [0.4, 0.5) is 22.7 Å². The first-order valence-corrected chi connectivity index (χ1v) is 22.7. The van der Waals surface area contributed by atoms with Gasteiger partial charge >= 0.3 is 58.7 Å². The van der Waals surface area contributed by atoms with Gasteiger partial charge in [0.25, 0.3) is 5.56 Å². The van der Waals surface area contributed by atoms with Gasteiger partial charge in [-0.3, -0.25) is 48.5 Å². The Hall–Kier alpha value is -9.01. The van der Waals surface area contributed by atoms with Crippen LogP contribution in [0.3, 0.4) is 0 Å². The largest absolute Gasteiger partial charge is 1.00 e. The van der Waals surface area contributed by atoms with E-state index in [1.807, 2.05) is 88.4 Å². The Kier molecular flexibility index (Phi) is 37.0. The van der Waals surface area contributed by atoms with Crippen LogP contribution < -0.4 is 62.9 Å². The minimum absolute atomic E-state index is 0. The molecule has 0 bridgehead atoms. The minimum Gasteiger partial charge on any atom is -0.870 e. The van der Waals surface area contributed by atoms with Crippen molar-refractivity contribution in [1.82, 2.24) is 9.97 Å². The van der Waals surface area contributed by atoms with Crippen LogP contribution in [0.5, 0.6) is 11.5 Å². The number of aromatic nitrogens is 2. The number of fused-ring (bicyclic) bond motifs is 2. The Morgan fingerprint density at radius 1 is 0.662 bits per heavy atom. The Bertz CT molecular complexity index is 3170. The first-order valence-electron chi connectivity index (χ1n) is 22.7. The molecule has 0 saturated heterocycles. The van der Waals surface area contributed by atoms with Crippen molar-refractivity contribution in [1.29, 1.82) is 5.53 Å². The predicted molar refractivity (Wildman–Crippen MR) is 299 cm³/mol. The number of nitrogens with zero attached hydrogens (tertiary/aromatic N) is 2. The molecule has 0 saturated carbocycles. The van der Waals surface area contributed by atoms with E-state index in [4.69, 9.17) is 21.5 Å². The summed E-state index contributed by atoms with van der Waals surface area (Å²) >= 11 is 0. The number of hydrogen-bond acceptors (Lipinski definition) is 17. The second kappa shape index (κ2) is 39.4. The molecule has 0 unspecified atom stereocenters. The van der Waals surface area contributed by atoms with Crippen molar-refractivity contribution in [2.24, 2.45) is 11.1 Å². The number of aryl methyl sites for hydroxylation is 5. The van der Waals surface area contributed by atoms with Crippen molar-refractivity contribution < 1.29 is 93.9 Å². The second-order valence-electron chi connectivity index (χ2n) is 16.2. The van der Waals surface area contributed by atoms with E-state index in [2.05, 4.69) is 36.4 Å². The molecule has 2 heterocycles. The zero-order valence-corrected chi connectivity index (χ0v) is 47.8. The molecule has 5 aromatic carbocycles. The molecule has 14 N–H and O–H groups in total. The number of pyridine rings is 2. The topological polar surface area (TPSA) is 444 Å². The Morgan fingerprint density at radius 3 is 1.40 bits per heavy atom. The van der Waals surface area contributed by atoms with E-state index in [1.165, 1.54) is 18.6 Å². The maximum absolute atomic E-state index is 11.3. The summed E-state index contributed by atoms with van der Waals surface area (Å²) < 4.78 is 4.49. The maximum atomic E-state index is 11.3. The number of carbonyl (C=O) groups is 6. The smallest absolute Gasteiger partial charge is 0.870 e. The molecule has 0 fully saturated rings. The standard InChI is InChI=1S/C10H8N2O4.2C10H11NO3.C10H9NO2.C7H9N.C6H10O3.ClH.H3N3.Na.H2O/c1-5-2-3-7-6(4-5)9(13)8(12(15)16)10(14)11-7;2*1-7-2-4-8(5-3-7)11-9(12)6-10(13)14;1-6-2-3-8-7(4-6)9(12)5-10(13)11-8;1-6-2-4-7(8)5-3-6;1-3-9-6(8)4-5(2)7;;1-3-2;;/h2-4H,1H3,(H2,11,13,14);2*2-5H,6H2,1H3,(H,11,12)(H,13,14);2-5H,1H3,(H2,11,12,13);2-5H,8H2,1H3;3-4H2,1-2H3;1H;(H3,1,2);;1H2/q;;;;;;;;+1;/p-1. The number of carboxylic acid groups (broad SMARTS) is 2. The van der Waals surface area contributed by atoms with Crippen LogP contribution in [0, 0.1) is 50.3 Å². The number of esters is 1. The summed E-state index contributed by atoms with van der Waals surface area (Å²) in [5, 5.41) is 54.6. The second-order valence-corrected chi connectivity index (χ2v) is 16.2. The third-order valence-electron chi connectivity index (χ3n) is 9.35. The zero-order valence-electron chi connectivity index (χ0n) is 45.0. The van der Waals surface area contributed by atoms with Crippen molar-refractivity contribution in [2.75, 3.05) is 23.0 Å². The number of aromatic amines is 2. The Morgan fingerprint density at radius 2 is 1.04 bits per heavy atom. The van der Waals surface area contributed by atoms with Gasteiger partial charge in [0.15, 0.2) is 0 Å². The van der Waals surface area contributed by atoms with Crippen LogP contribution >= 0.6 is 12.4 Å². The molecular weight excluding hydrogens is 1080 g/mol. The maximum Gasteiger partial charge on any atom is 1.00 e. The molecule has 2 aromatic heterocycles. The van der Waals surface area contributed by atoms with Gasteiger partial charge in [0.05, 0.1) is 22.6 Å². The first kappa shape index (κ1) is 75.2. The number of H-pyrrole nitrogens is 2. The molecule has 424 valence electrons. The Balaban J connectivity index is -0.000000884. The zero-order chi connectivity index (χ0) is 58.4. The van der Waals surface area contributed by atoms with Crippen molar-refractivity contribution in [2.45, 2.75) is 67.7 Å². The fourth-order valence-corrected chi connectivity index (χ4v) is 5.84. The summed E-state index contributed by atoms with van der Waals surface area (Å²) in [7, 11) is 0. The number of nitro groups is 1. The van der Waals surface area contributed by atoms with Crippen molar-refractivity contribution in [3.63, 3.8) is 0 Å². The number of ether oxygens (including phenoxy) is 1. The summed E-state index contributed by atoms with van der Waals surface area (Å²) in [6.07, 6.45) is -1.12. The van der Waals surface area contributed by atoms with E-state index in [0.29, 0.717) is 34.4 Å². The van der Waals surface area contributed by atoms with Gasteiger partial charge in [0.2, 0.25) is 17.6 Å². The average Bonchev–Trinajstić information content (AvgIpc) is 3.32. The molecule has 0 atom stereocenters. The Labute approximate surface area is 486 Å². The van der Waals surface area contributed by atoms with Gasteiger partial charge < -0.3 is 62.8 Å². The van der Waals surface area contributed by atoms with E-state index in [1.54, 1.807) is 62.4 Å². The van der Waals surface area contributed by atoms with Gasteiger partial charge in [-0.05, 0) is 109 Å². The summed E-state index contributed by atoms with van der Waals surface area (Å²) in [5.41, 5.74) is 17.4. The van der Waals surface area contributed by atoms with Gasteiger partial charge in [-0.15, -0.1) is 12.4 Å². The molecule has 0 radical (unpaired) electrons. The molecule has 25 nitrogen and oxygen atoms in total. The van der Waals surface area contributed by atoms with Crippen LogP contribution in [-0.2, 0) is 33.5 Å². The van der Waals surface area contributed by atoms with E-state index >= 15 is 0 Å². The van der Waals surface area contributed by atoms with Gasteiger partial charge in [-0.2, -0.15) is 5.53 Å². The number of benzene rings is 5. The third-order valence-corrected chi connectivity index (χ3v) is 9.35. The van der Waals surface area contributed by atoms with Crippen LogP contribution in [-0.4, -0.2) is 82.9 Å². The van der Waals surface area contributed by atoms with Crippen LogP contribution in [0.1, 0.15) is 60.9 Å². The molecule has 7 rings (SSSR count). The van der Waals surface area contributed by atoms with E-state index in [-0.39, 0.29) is 76.3 Å². The summed E-state index contributed by atoms with van der Waals surface area (Å²) in [4.78, 5) is 100. The minimum atomic E-state index is -1.13. The number of carbonyl (C=O) groups excluding carboxylic acids is 4. The normalized spacial score (nSPS) is 9.19. The average molecular weight is 1140 g/mol. The molecule has 0 aliphatic rings. The van der Waals surface area contributed by atoms with Crippen LogP contribution in [0.15, 0.2) is 130 Å². The first-order chi connectivity index (χ1) is 36.2. The number of nitrogen functional groups attached to an aromatic ring is 1. The number of carboxylic acids is 2. The molecule has 0 aliphatic heterocycles. The van der Waals surface area contributed by atoms with Crippen LogP contribution in [0.2, 0.25) is 0 Å². The van der Waals surface area contributed by atoms with Gasteiger partial charge in [-0.25, -0.2) is 0 Å². The van der Waals surface area contributed by atoms with Gasteiger partial charge in [0, 0.05) is 33.9 Å². The molecule has 27 heteroatoms. The van der Waals surface area contributed by atoms with Crippen molar-refractivity contribution >= 4 is 92.5 Å². The summed E-state index contributed by atoms with van der Waals surface area (Å²) in [6, 6.07) is 33.7. The monoisotopic (exact) mass is 1140 g/mol. The molecule has 7 aromatic rings. The third kappa shape index (κ3) is 30.7. The number of aromatic hydroxyl groups is 2. The van der Waals surface area contributed by atoms with Gasteiger partial charge in [-0.1, -0.05) is 81.6 Å². The van der Waals surface area contributed by atoms with Crippen molar-refractivity contribution in [3.8, 4) is 11.5 Å². The number of ketones is 1. The number of hydrogen-bond donors (Lipinski definition) is 11. The molecule has 0 spiro atoms. The number of anilines is 3. The summed E-state index contributed by atoms with van der Waals surface area (Å²) in [5.74, 6) is -0.305. The quantitative estimate of drug-likeness (QED) is 0.0125. The van der Waals surface area contributed by atoms with E-state index in [0.717, 1.165) is 27.9 Å². The fraction of sp³-hybridized carbons (Fsp3) is 0.208. The van der Waals surface area contributed by atoms with Crippen molar-refractivity contribution in [3.05, 3.63) is 174 Å². The van der Waals surface area contributed by atoms with E-state index in [9.17, 15) is 58.7 Å². The van der Waals surface area contributed by atoms with E-state index < -0.39 is 64.5 Å². The number of amides is 2. The number of nitrogens with two attached hydrogens (primary N) is 2. The molecular formula is C53H63ClN9NaO16. The molecule has 2 amide bonds. The number of halogens is 1. The molecule has 0 aliphatic carbocycles. The summed E-state index contributed by atoms with van der Waals surface area (Å²) in [6.45, 7) is 13.0. The number of Topliss-reactive ketones (excluding diaryl/α,β-unsaturated/α-hetero) is 1.